The third-order valence-corrected chi connectivity index (χ3v) is 5.60. The second-order valence-corrected chi connectivity index (χ2v) is 7.71. The van der Waals surface area contributed by atoms with Crippen LogP contribution in [0.2, 0.25) is 5.02 Å². The predicted octanol–water partition coefficient (Wildman–Crippen LogP) is 3.34. The lowest BCUT2D eigenvalue weighted by Crippen LogP contribution is -2.49. The molecule has 1 aliphatic heterocycles. The van der Waals surface area contributed by atoms with E-state index in [0.29, 0.717) is 36.8 Å². The molecule has 5 rings (SSSR count). The fourth-order valence-corrected chi connectivity index (χ4v) is 4.01. The van der Waals surface area contributed by atoms with E-state index in [2.05, 4.69) is 15.1 Å². The van der Waals surface area contributed by atoms with E-state index in [1.54, 1.807) is 17.0 Å². The number of aryl methyl sites for hydroxylation is 1. The second-order valence-electron chi connectivity index (χ2n) is 7.27. The maximum atomic E-state index is 13.5. The standard InChI is InChI=1S/C21H18ClFN6O/c1-13-25-26-19-17-6-5-15(22)12-18(17)24-21(29(13)19)28-9-7-27(8-10-28)20(30)14-3-2-4-16(23)11-14/h2-6,11-12H,7-10H2,1H3. The summed E-state index contributed by atoms with van der Waals surface area (Å²) in [5, 5.41) is 10.0. The number of fused-ring (bicyclic) bond motifs is 3. The van der Waals surface area contributed by atoms with E-state index in [0.717, 1.165) is 28.3 Å². The van der Waals surface area contributed by atoms with E-state index in [1.165, 1.54) is 12.1 Å². The summed E-state index contributed by atoms with van der Waals surface area (Å²) in [6, 6.07) is 11.3. The molecule has 7 nitrogen and oxygen atoms in total. The zero-order chi connectivity index (χ0) is 20.8. The first-order valence-electron chi connectivity index (χ1n) is 9.62. The number of carbonyl (C=O) groups excluding carboxylic acids is 1. The van der Waals surface area contributed by atoms with Gasteiger partial charge in [0.25, 0.3) is 5.91 Å². The number of amides is 1. The molecule has 30 heavy (non-hydrogen) atoms. The Bertz CT molecular complexity index is 1280. The maximum Gasteiger partial charge on any atom is 0.254 e. The minimum atomic E-state index is -0.413. The average molecular weight is 425 g/mol. The van der Waals surface area contributed by atoms with Gasteiger partial charge in [-0.25, -0.2) is 13.8 Å². The van der Waals surface area contributed by atoms with Gasteiger partial charge in [0.1, 0.15) is 11.6 Å². The van der Waals surface area contributed by atoms with Crippen LogP contribution >= 0.6 is 11.6 Å². The lowest BCUT2D eigenvalue weighted by atomic mass is 10.1. The van der Waals surface area contributed by atoms with Gasteiger partial charge in [-0.2, -0.15) is 0 Å². The van der Waals surface area contributed by atoms with Crippen LogP contribution in [0.15, 0.2) is 42.5 Å². The highest BCUT2D eigenvalue weighted by molar-refractivity contribution is 6.31. The van der Waals surface area contributed by atoms with Crippen LogP contribution in [0.4, 0.5) is 10.3 Å². The van der Waals surface area contributed by atoms with E-state index < -0.39 is 5.82 Å². The molecule has 152 valence electrons. The number of nitrogens with zero attached hydrogens (tertiary/aromatic N) is 6. The molecule has 3 heterocycles. The van der Waals surface area contributed by atoms with Gasteiger partial charge in [-0.3, -0.25) is 4.79 Å². The van der Waals surface area contributed by atoms with Crippen LogP contribution in [-0.2, 0) is 0 Å². The van der Waals surface area contributed by atoms with Crippen molar-refractivity contribution in [3.05, 3.63) is 64.7 Å². The molecule has 2 aromatic carbocycles. The molecule has 0 radical (unpaired) electrons. The summed E-state index contributed by atoms with van der Waals surface area (Å²) in [6.45, 7) is 4.08. The third kappa shape index (κ3) is 3.13. The number of halogens is 2. The molecular weight excluding hydrogens is 407 g/mol. The summed E-state index contributed by atoms with van der Waals surface area (Å²) in [7, 11) is 0. The Morgan fingerprint density at radius 1 is 1.07 bits per heavy atom. The number of carbonyl (C=O) groups is 1. The zero-order valence-corrected chi connectivity index (χ0v) is 17.0. The minimum absolute atomic E-state index is 0.168. The summed E-state index contributed by atoms with van der Waals surface area (Å²) in [6.07, 6.45) is 0. The molecule has 0 N–H and O–H groups in total. The first-order valence-corrected chi connectivity index (χ1v) is 10.00. The Morgan fingerprint density at radius 2 is 1.87 bits per heavy atom. The summed E-state index contributed by atoms with van der Waals surface area (Å²) in [5.74, 6) is 0.879. The Labute approximate surface area is 176 Å². The van der Waals surface area contributed by atoms with Crippen molar-refractivity contribution in [2.45, 2.75) is 6.92 Å². The largest absolute Gasteiger partial charge is 0.338 e. The average Bonchev–Trinajstić information content (AvgIpc) is 3.14. The third-order valence-electron chi connectivity index (χ3n) is 5.37. The number of hydrogen-bond acceptors (Lipinski definition) is 5. The van der Waals surface area contributed by atoms with Gasteiger partial charge in [0.05, 0.1) is 5.52 Å². The molecule has 0 spiro atoms. The topological polar surface area (TPSA) is 66.6 Å². The normalized spacial score (nSPS) is 14.6. The van der Waals surface area contributed by atoms with Crippen molar-refractivity contribution in [3.63, 3.8) is 0 Å². The van der Waals surface area contributed by atoms with E-state index in [9.17, 15) is 9.18 Å². The number of anilines is 1. The molecule has 2 aromatic heterocycles. The number of benzene rings is 2. The van der Waals surface area contributed by atoms with Gasteiger partial charge in [0.15, 0.2) is 5.65 Å². The molecule has 0 bridgehead atoms. The smallest absolute Gasteiger partial charge is 0.254 e. The van der Waals surface area contributed by atoms with Crippen molar-refractivity contribution in [1.82, 2.24) is 24.5 Å². The predicted molar refractivity (Wildman–Crippen MR) is 113 cm³/mol. The van der Waals surface area contributed by atoms with Crippen LogP contribution in [0.25, 0.3) is 16.6 Å². The van der Waals surface area contributed by atoms with Gasteiger partial charge in [0.2, 0.25) is 5.95 Å². The van der Waals surface area contributed by atoms with Crippen LogP contribution < -0.4 is 4.90 Å². The van der Waals surface area contributed by atoms with E-state index in [-0.39, 0.29) is 5.91 Å². The number of aromatic nitrogens is 4. The van der Waals surface area contributed by atoms with Crippen molar-refractivity contribution in [3.8, 4) is 0 Å². The summed E-state index contributed by atoms with van der Waals surface area (Å²) in [4.78, 5) is 21.4. The van der Waals surface area contributed by atoms with E-state index in [4.69, 9.17) is 16.6 Å². The lowest BCUT2D eigenvalue weighted by Gasteiger charge is -2.35. The summed E-state index contributed by atoms with van der Waals surface area (Å²) >= 11 is 6.17. The fourth-order valence-electron chi connectivity index (χ4n) is 3.85. The monoisotopic (exact) mass is 424 g/mol. The van der Waals surface area contributed by atoms with Gasteiger partial charge in [-0.15, -0.1) is 10.2 Å². The second kappa shape index (κ2) is 7.21. The Balaban J connectivity index is 1.45. The highest BCUT2D eigenvalue weighted by Gasteiger charge is 2.26. The molecule has 1 aliphatic rings. The van der Waals surface area contributed by atoms with Gasteiger partial charge in [-0.05, 0) is 43.3 Å². The Hall–Kier alpha value is -3.26. The number of piperazine rings is 1. The van der Waals surface area contributed by atoms with Gasteiger partial charge in [0, 0.05) is 42.2 Å². The number of rotatable bonds is 2. The first-order chi connectivity index (χ1) is 14.5. The molecule has 4 aromatic rings. The van der Waals surface area contributed by atoms with Crippen molar-refractivity contribution in [2.75, 3.05) is 31.1 Å². The van der Waals surface area contributed by atoms with Crippen LogP contribution in [0, 0.1) is 12.7 Å². The van der Waals surface area contributed by atoms with Crippen molar-refractivity contribution in [1.29, 1.82) is 0 Å². The highest BCUT2D eigenvalue weighted by atomic mass is 35.5. The van der Waals surface area contributed by atoms with Crippen molar-refractivity contribution >= 4 is 40.0 Å². The summed E-state index contributed by atoms with van der Waals surface area (Å²) < 4.78 is 15.4. The van der Waals surface area contributed by atoms with E-state index >= 15 is 0 Å². The van der Waals surface area contributed by atoms with Crippen LogP contribution in [0.1, 0.15) is 16.2 Å². The van der Waals surface area contributed by atoms with Gasteiger partial charge in [-0.1, -0.05) is 17.7 Å². The fraction of sp³-hybridized carbons (Fsp3) is 0.238. The Kier molecular flexibility index (Phi) is 4.51. The SMILES string of the molecule is Cc1nnc2c3ccc(Cl)cc3nc(N3CCN(C(=O)c4cccc(F)c4)CC3)n12. The zero-order valence-electron chi connectivity index (χ0n) is 16.2. The van der Waals surface area contributed by atoms with Crippen LogP contribution in [-0.4, -0.2) is 56.6 Å². The molecule has 0 aliphatic carbocycles. The highest BCUT2D eigenvalue weighted by Crippen LogP contribution is 2.27. The summed E-state index contributed by atoms with van der Waals surface area (Å²) in [5.41, 5.74) is 1.83. The molecule has 0 unspecified atom stereocenters. The van der Waals surface area contributed by atoms with Crippen molar-refractivity contribution in [2.24, 2.45) is 0 Å². The minimum Gasteiger partial charge on any atom is -0.338 e. The molecule has 1 fully saturated rings. The molecule has 0 atom stereocenters. The molecule has 1 saturated heterocycles. The molecule has 1 amide bonds. The van der Waals surface area contributed by atoms with Gasteiger partial charge >= 0.3 is 0 Å². The molecular formula is C21H18ClFN6O. The molecule has 0 saturated carbocycles. The first kappa shape index (κ1) is 18.7. The number of hydrogen-bond donors (Lipinski definition) is 0. The van der Waals surface area contributed by atoms with Crippen LogP contribution in [0.5, 0.6) is 0 Å². The van der Waals surface area contributed by atoms with Crippen LogP contribution in [0.3, 0.4) is 0 Å². The van der Waals surface area contributed by atoms with Crippen molar-refractivity contribution < 1.29 is 9.18 Å². The van der Waals surface area contributed by atoms with Gasteiger partial charge < -0.3 is 9.80 Å². The Morgan fingerprint density at radius 3 is 2.63 bits per heavy atom. The lowest BCUT2D eigenvalue weighted by molar-refractivity contribution is 0.0745. The molecule has 9 heteroatoms. The van der Waals surface area contributed by atoms with E-state index in [1.807, 2.05) is 29.5 Å². The maximum absolute atomic E-state index is 13.5. The quantitative estimate of drug-likeness (QED) is 0.493.